The Kier molecular flexibility index (Phi) is 6.66. The number of hydrogen-bond donors (Lipinski definition) is 0. The van der Waals surface area contributed by atoms with Crippen LogP contribution in [-0.2, 0) is 26.4 Å². The van der Waals surface area contributed by atoms with Gasteiger partial charge < -0.3 is 9.30 Å². The SMILES string of the molecule is Cc1cc(-c2ccnn2C)c2cccc(OCc3c(Cl)cncc3Cn3cccc(C(F)(F)F)c3=O)c2n1. The van der Waals surface area contributed by atoms with Crippen molar-refractivity contribution in [3.8, 4) is 17.0 Å². The Morgan fingerprint density at radius 2 is 1.92 bits per heavy atom. The van der Waals surface area contributed by atoms with Gasteiger partial charge in [-0.3, -0.25) is 14.5 Å². The molecule has 0 spiro atoms. The largest absolute Gasteiger partial charge is 0.487 e. The van der Waals surface area contributed by atoms with Crippen molar-refractivity contribution < 1.29 is 17.9 Å². The molecular formula is C27H21ClF3N5O2. The number of fused-ring (bicyclic) bond motifs is 1. The second-order valence-corrected chi connectivity index (χ2v) is 9.11. The molecule has 0 N–H and O–H groups in total. The molecule has 0 unspecified atom stereocenters. The highest BCUT2D eigenvalue weighted by Crippen LogP contribution is 2.34. The van der Waals surface area contributed by atoms with Crippen molar-refractivity contribution in [2.24, 2.45) is 7.05 Å². The van der Waals surface area contributed by atoms with Crippen molar-refractivity contribution in [2.75, 3.05) is 0 Å². The average Bonchev–Trinajstić information content (AvgIpc) is 3.29. The third-order valence-electron chi connectivity index (χ3n) is 6.16. The van der Waals surface area contributed by atoms with Crippen LogP contribution in [0.2, 0.25) is 5.02 Å². The highest BCUT2D eigenvalue weighted by atomic mass is 35.5. The predicted octanol–water partition coefficient (Wildman–Crippen LogP) is 5.80. The van der Waals surface area contributed by atoms with Gasteiger partial charge in [0.1, 0.15) is 23.4 Å². The molecule has 5 aromatic rings. The van der Waals surface area contributed by atoms with Gasteiger partial charge in [0.2, 0.25) is 0 Å². The van der Waals surface area contributed by atoms with E-state index in [2.05, 4.69) is 10.1 Å². The fraction of sp³-hybridized carbons (Fsp3) is 0.185. The van der Waals surface area contributed by atoms with Crippen LogP contribution in [0.4, 0.5) is 13.2 Å². The van der Waals surface area contributed by atoms with E-state index in [4.69, 9.17) is 21.3 Å². The van der Waals surface area contributed by atoms with Gasteiger partial charge in [0.05, 0.1) is 17.3 Å². The summed E-state index contributed by atoms with van der Waals surface area (Å²) >= 11 is 6.42. The van der Waals surface area contributed by atoms with Crippen LogP contribution in [0.1, 0.15) is 22.4 Å². The lowest BCUT2D eigenvalue weighted by molar-refractivity contribution is -0.138. The van der Waals surface area contributed by atoms with E-state index in [0.29, 0.717) is 22.4 Å². The molecule has 4 heterocycles. The van der Waals surface area contributed by atoms with E-state index in [1.165, 1.54) is 24.7 Å². The summed E-state index contributed by atoms with van der Waals surface area (Å²) < 4.78 is 48.6. The van der Waals surface area contributed by atoms with Crippen molar-refractivity contribution in [3.05, 3.63) is 105 Å². The number of benzene rings is 1. The number of para-hydroxylation sites is 1. The molecule has 0 saturated heterocycles. The van der Waals surface area contributed by atoms with Gasteiger partial charge in [0.25, 0.3) is 5.56 Å². The fourth-order valence-corrected chi connectivity index (χ4v) is 4.56. The fourth-order valence-electron chi connectivity index (χ4n) is 4.33. The highest BCUT2D eigenvalue weighted by molar-refractivity contribution is 6.31. The first-order valence-corrected chi connectivity index (χ1v) is 11.9. The third kappa shape index (κ3) is 4.87. The first-order valence-electron chi connectivity index (χ1n) is 11.5. The second kappa shape index (κ2) is 9.94. The molecule has 0 radical (unpaired) electrons. The monoisotopic (exact) mass is 539 g/mol. The van der Waals surface area contributed by atoms with Gasteiger partial charge >= 0.3 is 6.18 Å². The maximum Gasteiger partial charge on any atom is 0.421 e. The Labute approximate surface area is 220 Å². The van der Waals surface area contributed by atoms with Crippen LogP contribution in [0.3, 0.4) is 0 Å². The Balaban J connectivity index is 1.50. The van der Waals surface area contributed by atoms with E-state index >= 15 is 0 Å². The summed E-state index contributed by atoms with van der Waals surface area (Å²) in [6.45, 7) is 1.72. The summed E-state index contributed by atoms with van der Waals surface area (Å²) in [5.41, 5.74) is 1.87. The van der Waals surface area contributed by atoms with E-state index in [-0.39, 0.29) is 18.2 Å². The summed E-state index contributed by atoms with van der Waals surface area (Å²) in [7, 11) is 1.86. The van der Waals surface area contributed by atoms with Gasteiger partial charge in [-0.25, -0.2) is 4.98 Å². The average molecular weight is 540 g/mol. The molecule has 4 aromatic heterocycles. The topological polar surface area (TPSA) is 74.8 Å². The number of aryl methyl sites for hydroxylation is 2. The van der Waals surface area contributed by atoms with E-state index in [1.807, 2.05) is 38.2 Å². The molecule has 0 aliphatic heterocycles. The van der Waals surface area contributed by atoms with Gasteiger partial charge in [-0.15, -0.1) is 0 Å². The zero-order valence-electron chi connectivity index (χ0n) is 20.3. The van der Waals surface area contributed by atoms with Crippen molar-refractivity contribution >= 4 is 22.5 Å². The van der Waals surface area contributed by atoms with Crippen LogP contribution < -0.4 is 10.3 Å². The molecule has 0 amide bonds. The van der Waals surface area contributed by atoms with Crippen LogP contribution in [0, 0.1) is 6.92 Å². The molecule has 5 rings (SSSR count). The minimum Gasteiger partial charge on any atom is -0.487 e. The van der Waals surface area contributed by atoms with Crippen LogP contribution in [-0.4, -0.2) is 24.3 Å². The number of halogens is 4. The maximum absolute atomic E-state index is 13.2. The van der Waals surface area contributed by atoms with Gasteiger partial charge in [0.15, 0.2) is 0 Å². The molecule has 0 bridgehead atoms. The lowest BCUT2D eigenvalue weighted by Crippen LogP contribution is -2.28. The molecule has 7 nitrogen and oxygen atoms in total. The number of rotatable bonds is 6. The van der Waals surface area contributed by atoms with Crippen molar-refractivity contribution in [1.82, 2.24) is 24.3 Å². The predicted molar refractivity (Wildman–Crippen MR) is 137 cm³/mol. The quantitative estimate of drug-likeness (QED) is 0.273. The molecular weight excluding hydrogens is 519 g/mol. The Morgan fingerprint density at radius 1 is 1.11 bits per heavy atom. The summed E-state index contributed by atoms with van der Waals surface area (Å²) in [5, 5.41) is 5.40. The third-order valence-corrected chi connectivity index (χ3v) is 6.49. The van der Waals surface area contributed by atoms with Gasteiger partial charge in [-0.2, -0.15) is 18.3 Å². The van der Waals surface area contributed by atoms with Crippen molar-refractivity contribution in [1.29, 1.82) is 0 Å². The highest BCUT2D eigenvalue weighted by Gasteiger charge is 2.34. The van der Waals surface area contributed by atoms with Gasteiger partial charge in [-0.1, -0.05) is 23.7 Å². The Morgan fingerprint density at radius 3 is 2.66 bits per heavy atom. The summed E-state index contributed by atoms with van der Waals surface area (Å²) in [6, 6.07) is 11.4. The Hall–Kier alpha value is -4.18. The molecule has 0 saturated carbocycles. The molecule has 0 atom stereocenters. The molecule has 0 fully saturated rings. The maximum atomic E-state index is 13.2. The summed E-state index contributed by atoms with van der Waals surface area (Å²) in [5.74, 6) is 0.504. The molecule has 11 heteroatoms. The summed E-state index contributed by atoms with van der Waals surface area (Å²) in [4.78, 5) is 21.2. The standard InChI is InChI=1S/C27H21ClF3N5O2/c1-16-11-19(23-8-9-33-35(23)2)18-5-3-7-24(25(18)34-16)38-15-20-17(12-32-13-22(20)28)14-36-10-4-6-21(26(36)37)27(29,30)31/h3-13H,14-15H2,1-2H3. The van der Waals surface area contributed by atoms with Gasteiger partial charge in [0, 0.05) is 54.0 Å². The first-order chi connectivity index (χ1) is 18.1. The number of nitrogens with zero attached hydrogens (tertiary/aromatic N) is 5. The zero-order valence-corrected chi connectivity index (χ0v) is 21.1. The number of aromatic nitrogens is 5. The first kappa shape index (κ1) is 25.5. The molecule has 0 aliphatic rings. The minimum absolute atomic E-state index is 0.0137. The number of alkyl halides is 3. The molecule has 38 heavy (non-hydrogen) atoms. The molecule has 194 valence electrons. The van der Waals surface area contributed by atoms with Crippen molar-refractivity contribution in [3.63, 3.8) is 0 Å². The minimum atomic E-state index is -4.76. The van der Waals surface area contributed by atoms with Crippen LogP contribution in [0.25, 0.3) is 22.2 Å². The zero-order chi connectivity index (χ0) is 27.0. The number of ether oxygens (including phenoxy) is 1. The van der Waals surface area contributed by atoms with Crippen LogP contribution >= 0.6 is 11.6 Å². The number of pyridine rings is 3. The van der Waals surface area contributed by atoms with E-state index in [0.717, 1.165) is 33.0 Å². The van der Waals surface area contributed by atoms with Crippen LogP contribution in [0.15, 0.2) is 72.0 Å². The smallest absolute Gasteiger partial charge is 0.421 e. The number of hydrogen-bond acceptors (Lipinski definition) is 5. The van der Waals surface area contributed by atoms with E-state index in [1.54, 1.807) is 16.9 Å². The second-order valence-electron chi connectivity index (χ2n) is 8.70. The Bertz CT molecular complexity index is 1710. The summed E-state index contributed by atoms with van der Waals surface area (Å²) in [6.07, 6.45) is 1.14. The van der Waals surface area contributed by atoms with Gasteiger partial charge in [-0.05, 0) is 42.8 Å². The molecule has 0 aliphatic carbocycles. The lowest BCUT2D eigenvalue weighted by atomic mass is 10.0. The van der Waals surface area contributed by atoms with E-state index in [9.17, 15) is 18.0 Å². The lowest BCUT2D eigenvalue weighted by Gasteiger charge is -2.16. The normalized spacial score (nSPS) is 11.7. The molecule has 1 aromatic carbocycles. The van der Waals surface area contributed by atoms with E-state index < -0.39 is 17.3 Å². The van der Waals surface area contributed by atoms with Crippen molar-refractivity contribution in [2.45, 2.75) is 26.3 Å². The van der Waals surface area contributed by atoms with Crippen LogP contribution in [0.5, 0.6) is 5.75 Å².